The summed E-state index contributed by atoms with van der Waals surface area (Å²) in [4.78, 5) is 0. The van der Waals surface area contributed by atoms with E-state index in [1.807, 2.05) is 13.8 Å². The molecule has 1 heterocycles. The van der Waals surface area contributed by atoms with E-state index in [9.17, 15) is 4.39 Å². The number of rotatable bonds is 0. The van der Waals surface area contributed by atoms with E-state index >= 15 is 0 Å². The molecule has 2 rings (SSSR count). The Kier molecular flexibility index (Phi) is 3.25. The van der Waals surface area contributed by atoms with Crippen LogP contribution in [0.2, 0.25) is 0 Å². The molecule has 0 amide bonds. The standard InChI is InChI=1S/C8H8FNO.C2H6/c9-5-1-2-6-7(10)4-11-8(6)3-5;1-2/h1-3,7H,4,10H2;1-2H3. The smallest absolute Gasteiger partial charge is 0.127 e. The van der Waals surface area contributed by atoms with Crippen LogP contribution in [0.4, 0.5) is 4.39 Å². The van der Waals surface area contributed by atoms with Crippen LogP contribution in [0.25, 0.3) is 0 Å². The van der Waals surface area contributed by atoms with Crippen LogP contribution in [0.3, 0.4) is 0 Å². The van der Waals surface area contributed by atoms with E-state index in [4.69, 9.17) is 10.5 Å². The number of fused-ring (bicyclic) bond motifs is 1. The Hall–Kier alpha value is -1.09. The minimum atomic E-state index is -0.280. The summed E-state index contributed by atoms with van der Waals surface area (Å²) in [5.41, 5.74) is 6.54. The van der Waals surface area contributed by atoms with Crippen LogP contribution < -0.4 is 10.5 Å². The fourth-order valence-electron chi connectivity index (χ4n) is 1.21. The van der Waals surface area contributed by atoms with Crippen LogP contribution in [0.15, 0.2) is 18.2 Å². The highest BCUT2D eigenvalue weighted by molar-refractivity contribution is 5.39. The minimum Gasteiger partial charge on any atom is -0.491 e. The summed E-state index contributed by atoms with van der Waals surface area (Å²) in [5.74, 6) is 0.301. The van der Waals surface area contributed by atoms with Crippen molar-refractivity contribution in [3.05, 3.63) is 29.6 Å². The first-order valence-electron chi connectivity index (χ1n) is 4.45. The van der Waals surface area contributed by atoms with E-state index in [-0.39, 0.29) is 11.9 Å². The lowest BCUT2D eigenvalue weighted by molar-refractivity contribution is 0.332. The van der Waals surface area contributed by atoms with Gasteiger partial charge in [-0.05, 0) is 6.07 Å². The molecule has 1 unspecified atom stereocenters. The Morgan fingerprint density at radius 2 is 2.15 bits per heavy atom. The highest BCUT2D eigenvalue weighted by Crippen LogP contribution is 2.30. The van der Waals surface area contributed by atoms with Gasteiger partial charge in [-0.2, -0.15) is 0 Å². The maximum Gasteiger partial charge on any atom is 0.127 e. The van der Waals surface area contributed by atoms with Crippen LogP contribution >= 0.6 is 0 Å². The summed E-state index contributed by atoms with van der Waals surface area (Å²) in [7, 11) is 0. The molecule has 0 saturated carbocycles. The Balaban J connectivity index is 0.000000396. The van der Waals surface area contributed by atoms with Crippen LogP contribution in [0, 0.1) is 5.82 Å². The number of halogens is 1. The zero-order chi connectivity index (χ0) is 9.84. The second-order valence-corrected chi connectivity index (χ2v) is 2.60. The second kappa shape index (κ2) is 4.23. The highest BCUT2D eigenvalue weighted by atomic mass is 19.1. The Labute approximate surface area is 77.5 Å². The first kappa shape index (κ1) is 9.99. The lowest BCUT2D eigenvalue weighted by atomic mass is 10.1. The summed E-state index contributed by atoms with van der Waals surface area (Å²) >= 11 is 0. The molecule has 0 bridgehead atoms. The third kappa shape index (κ3) is 1.98. The number of ether oxygens (including phenoxy) is 1. The average Bonchev–Trinajstić information content (AvgIpc) is 2.51. The molecule has 13 heavy (non-hydrogen) atoms. The molecule has 0 fully saturated rings. The number of benzene rings is 1. The van der Waals surface area contributed by atoms with Crippen molar-refractivity contribution < 1.29 is 9.13 Å². The topological polar surface area (TPSA) is 35.2 Å². The zero-order valence-corrected chi connectivity index (χ0v) is 7.88. The lowest BCUT2D eigenvalue weighted by Crippen LogP contribution is -2.10. The number of hydrogen-bond donors (Lipinski definition) is 1. The third-order valence-corrected chi connectivity index (χ3v) is 1.79. The maximum absolute atomic E-state index is 12.6. The molecule has 0 saturated heterocycles. The molecule has 0 aliphatic carbocycles. The predicted octanol–water partition coefficient (Wildman–Crippen LogP) is 2.24. The average molecular weight is 183 g/mol. The Morgan fingerprint density at radius 1 is 1.46 bits per heavy atom. The van der Waals surface area contributed by atoms with E-state index < -0.39 is 0 Å². The molecule has 1 aliphatic heterocycles. The van der Waals surface area contributed by atoms with Gasteiger partial charge in [0, 0.05) is 11.6 Å². The normalized spacial score (nSPS) is 18.3. The van der Waals surface area contributed by atoms with Crippen molar-refractivity contribution in [3.8, 4) is 5.75 Å². The first-order valence-corrected chi connectivity index (χ1v) is 4.45. The van der Waals surface area contributed by atoms with Crippen LogP contribution in [0.1, 0.15) is 25.5 Å². The van der Waals surface area contributed by atoms with Gasteiger partial charge in [0.1, 0.15) is 18.2 Å². The summed E-state index contributed by atoms with van der Waals surface area (Å²) in [6, 6.07) is 4.34. The van der Waals surface area contributed by atoms with E-state index in [2.05, 4.69) is 0 Å². The van der Waals surface area contributed by atoms with E-state index in [1.165, 1.54) is 12.1 Å². The molecular weight excluding hydrogens is 169 g/mol. The van der Waals surface area contributed by atoms with Gasteiger partial charge in [0.25, 0.3) is 0 Å². The molecule has 3 heteroatoms. The summed E-state index contributed by atoms with van der Waals surface area (Å²) in [6.45, 7) is 4.46. The molecule has 1 aliphatic rings. The summed E-state index contributed by atoms with van der Waals surface area (Å²) in [6.07, 6.45) is 0. The fraction of sp³-hybridized carbons (Fsp3) is 0.400. The highest BCUT2D eigenvalue weighted by Gasteiger charge is 2.20. The van der Waals surface area contributed by atoms with E-state index in [0.29, 0.717) is 12.4 Å². The van der Waals surface area contributed by atoms with Crippen molar-refractivity contribution in [2.24, 2.45) is 5.73 Å². The zero-order valence-electron chi connectivity index (χ0n) is 7.88. The molecule has 1 atom stereocenters. The van der Waals surface area contributed by atoms with Gasteiger partial charge in [-0.25, -0.2) is 4.39 Å². The third-order valence-electron chi connectivity index (χ3n) is 1.79. The molecule has 0 spiro atoms. The molecule has 0 radical (unpaired) electrons. The van der Waals surface area contributed by atoms with Gasteiger partial charge in [-0.3, -0.25) is 0 Å². The largest absolute Gasteiger partial charge is 0.491 e. The maximum atomic E-state index is 12.6. The van der Waals surface area contributed by atoms with Crippen LogP contribution in [-0.4, -0.2) is 6.61 Å². The van der Waals surface area contributed by atoms with Crippen molar-refractivity contribution in [1.82, 2.24) is 0 Å². The van der Waals surface area contributed by atoms with E-state index in [0.717, 1.165) is 5.56 Å². The Morgan fingerprint density at radius 3 is 2.85 bits per heavy atom. The van der Waals surface area contributed by atoms with Crippen molar-refractivity contribution in [2.45, 2.75) is 19.9 Å². The SMILES string of the molecule is CC.NC1COc2cc(F)ccc21. The molecule has 1 aromatic rings. The summed E-state index contributed by atoms with van der Waals surface area (Å²) < 4.78 is 17.7. The van der Waals surface area contributed by atoms with Crippen molar-refractivity contribution in [3.63, 3.8) is 0 Å². The Bertz CT molecular complexity index is 288. The predicted molar refractivity (Wildman–Crippen MR) is 50.2 cm³/mol. The van der Waals surface area contributed by atoms with Gasteiger partial charge < -0.3 is 10.5 Å². The molecule has 72 valence electrons. The summed E-state index contributed by atoms with van der Waals surface area (Å²) in [5, 5.41) is 0. The molecule has 1 aromatic carbocycles. The fourth-order valence-corrected chi connectivity index (χ4v) is 1.21. The second-order valence-electron chi connectivity index (χ2n) is 2.60. The van der Waals surface area contributed by atoms with Gasteiger partial charge in [-0.1, -0.05) is 19.9 Å². The minimum absolute atomic E-state index is 0.0920. The van der Waals surface area contributed by atoms with Crippen molar-refractivity contribution in [2.75, 3.05) is 6.61 Å². The van der Waals surface area contributed by atoms with Gasteiger partial charge in [0.05, 0.1) is 6.04 Å². The van der Waals surface area contributed by atoms with Gasteiger partial charge in [-0.15, -0.1) is 0 Å². The van der Waals surface area contributed by atoms with Crippen LogP contribution in [-0.2, 0) is 0 Å². The molecule has 2 N–H and O–H groups in total. The molecular formula is C10H14FNO. The van der Waals surface area contributed by atoms with Gasteiger partial charge >= 0.3 is 0 Å². The van der Waals surface area contributed by atoms with Gasteiger partial charge in [0.2, 0.25) is 0 Å². The monoisotopic (exact) mass is 183 g/mol. The molecule has 2 nitrogen and oxygen atoms in total. The lowest BCUT2D eigenvalue weighted by Gasteiger charge is -1.98. The number of nitrogens with two attached hydrogens (primary N) is 1. The van der Waals surface area contributed by atoms with Crippen molar-refractivity contribution >= 4 is 0 Å². The number of hydrogen-bond acceptors (Lipinski definition) is 2. The van der Waals surface area contributed by atoms with Gasteiger partial charge in [0.15, 0.2) is 0 Å². The van der Waals surface area contributed by atoms with E-state index in [1.54, 1.807) is 6.07 Å². The molecule has 0 aromatic heterocycles. The van der Waals surface area contributed by atoms with Crippen LogP contribution in [0.5, 0.6) is 5.75 Å². The van der Waals surface area contributed by atoms with Crippen molar-refractivity contribution in [1.29, 1.82) is 0 Å². The quantitative estimate of drug-likeness (QED) is 0.669. The first-order chi connectivity index (χ1) is 6.27.